The number of nitrogens with one attached hydrogen (secondary N) is 1. The molecule has 20 heavy (non-hydrogen) atoms. The van der Waals surface area contributed by atoms with E-state index < -0.39 is 5.97 Å². The van der Waals surface area contributed by atoms with Gasteiger partial charge >= 0.3 is 5.97 Å². The van der Waals surface area contributed by atoms with E-state index in [0.29, 0.717) is 16.7 Å². The maximum absolute atomic E-state index is 11.8. The van der Waals surface area contributed by atoms with Gasteiger partial charge < -0.3 is 10.1 Å². The van der Waals surface area contributed by atoms with Gasteiger partial charge in [-0.05, 0) is 29.8 Å². The van der Waals surface area contributed by atoms with Crippen LogP contribution in [0.1, 0.15) is 20.7 Å². The molecule has 102 valence electrons. The fraction of sp³-hybridized carbons (Fsp3) is 0.133. The Morgan fingerprint density at radius 3 is 2.65 bits per heavy atom. The summed E-state index contributed by atoms with van der Waals surface area (Å²) < 4.78 is 4.77. The average Bonchev–Trinajstić information content (AvgIpc) is 2.53. The van der Waals surface area contributed by atoms with Gasteiger partial charge in [0.1, 0.15) is 0 Å². The Hall–Kier alpha value is -2.69. The summed E-state index contributed by atoms with van der Waals surface area (Å²) in [6.45, 7) is 0. The molecule has 0 atom stereocenters. The van der Waals surface area contributed by atoms with Crippen LogP contribution in [0.5, 0.6) is 0 Å². The first-order valence-electron chi connectivity index (χ1n) is 6.02. The summed E-state index contributed by atoms with van der Waals surface area (Å²) in [6.07, 6.45) is 3.28. The lowest BCUT2D eigenvalue weighted by molar-refractivity contribution is 0.0601. The Morgan fingerprint density at radius 2 is 2.05 bits per heavy atom. The van der Waals surface area contributed by atoms with E-state index in [-0.39, 0.29) is 5.91 Å². The minimum absolute atomic E-state index is 0.216. The van der Waals surface area contributed by atoms with E-state index in [1.807, 2.05) is 6.07 Å². The molecule has 0 spiro atoms. The van der Waals surface area contributed by atoms with Crippen molar-refractivity contribution in [1.82, 2.24) is 10.3 Å². The zero-order valence-corrected chi connectivity index (χ0v) is 11.2. The summed E-state index contributed by atoms with van der Waals surface area (Å²) in [7, 11) is 2.88. The van der Waals surface area contributed by atoms with Gasteiger partial charge in [0.15, 0.2) is 0 Å². The molecule has 0 unspecified atom stereocenters. The smallest absolute Gasteiger partial charge is 0.338 e. The summed E-state index contributed by atoms with van der Waals surface area (Å²) in [5, 5.41) is 2.55. The van der Waals surface area contributed by atoms with Crippen molar-refractivity contribution in [3.05, 3.63) is 53.9 Å². The van der Waals surface area contributed by atoms with Crippen molar-refractivity contribution in [3.63, 3.8) is 0 Å². The third-order valence-electron chi connectivity index (χ3n) is 2.89. The lowest BCUT2D eigenvalue weighted by atomic mass is 9.98. The quantitative estimate of drug-likeness (QED) is 0.865. The van der Waals surface area contributed by atoms with E-state index in [4.69, 9.17) is 4.74 Å². The summed E-state index contributed by atoms with van der Waals surface area (Å²) >= 11 is 0. The second kappa shape index (κ2) is 5.97. The molecule has 1 aromatic heterocycles. The van der Waals surface area contributed by atoms with Crippen molar-refractivity contribution in [1.29, 1.82) is 0 Å². The molecule has 5 heteroatoms. The van der Waals surface area contributed by atoms with Gasteiger partial charge in [-0.2, -0.15) is 0 Å². The predicted molar refractivity (Wildman–Crippen MR) is 74.4 cm³/mol. The van der Waals surface area contributed by atoms with Crippen LogP contribution in [0.25, 0.3) is 11.1 Å². The third kappa shape index (κ3) is 2.66. The lowest BCUT2D eigenvalue weighted by Crippen LogP contribution is -2.18. The highest BCUT2D eigenvalue weighted by atomic mass is 16.5. The molecule has 0 saturated heterocycles. The lowest BCUT2D eigenvalue weighted by Gasteiger charge is -2.10. The molecule has 0 radical (unpaired) electrons. The van der Waals surface area contributed by atoms with Crippen molar-refractivity contribution in [3.8, 4) is 11.1 Å². The number of rotatable bonds is 3. The number of amides is 1. The van der Waals surface area contributed by atoms with Crippen LogP contribution in [0.4, 0.5) is 0 Å². The molecular weight excluding hydrogens is 256 g/mol. The van der Waals surface area contributed by atoms with Crippen molar-refractivity contribution in [2.24, 2.45) is 0 Å². The van der Waals surface area contributed by atoms with E-state index in [9.17, 15) is 9.59 Å². The number of hydrogen-bond acceptors (Lipinski definition) is 4. The van der Waals surface area contributed by atoms with E-state index in [1.165, 1.54) is 7.11 Å². The Bertz CT molecular complexity index is 639. The maximum Gasteiger partial charge on any atom is 0.338 e. The second-order valence-corrected chi connectivity index (χ2v) is 4.07. The van der Waals surface area contributed by atoms with Crippen molar-refractivity contribution in [2.75, 3.05) is 14.2 Å². The Morgan fingerprint density at radius 1 is 1.25 bits per heavy atom. The molecule has 0 aliphatic heterocycles. The number of ether oxygens (including phenoxy) is 1. The van der Waals surface area contributed by atoms with Gasteiger partial charge in [-0.15, -0.1) is 0 Å². The van der Waals surface area contributed by atoms with Crippen LogP contribution in [0.3, 0.4) is 0 Å². The first kappa shape index (κ1) is 13.7. The highest BCUT2D eigenvalue weighted by Crippen LogP contribution is 2.25. The molecular formula is C15H14N2O3. The molecule has 2 aromatic rings. The molecule has 0 bridgehead atoms. The van der Waals surface area contributed by atoms with E-state index in [2.05, 4.69) is 10.3 Å². The number of methoxy groups -OCH3 is 1. The van der Waals surface area contributed by atoms with Gasteiger partial charge in [-0.25, -0.2) is 4.79 Å². The number of nitrogens with zero attached hydrogens (tertiary/aromatic N) is 1. The number of aromatic nitrogens is 1. The molecule has 1 heterocycles. The molecule has 2 rings (SSSR count). The highest BCUT2D eigenvalue weighted by molar-refractivity contribution is 6.01. The zero-order valence-electron chi connectivity index (χ0n) is 11.2. The van der Waals surface area contributed by atoms with Gasteiger partial charge in [0.2, 0.25) is 0 Å². The first-order chi connectivity index (χ1) is 9.67. The third-order valence-corrected chi connectivity index (χ3v) is 2.89. The van der Waals surface area contributed by atoms with Crippen LogP contribution in [-0.2, 0) is 4.74 Å². The summed E-state index contributed by atoms with van der Waals surface area (Å²) in [4.78, 5) is 27.5. The van der Waals surface area contributed by atoms with Crippen molar-refractivity contribution >= 4 is 11.9 Å². The molecule has 0 saturated carbocycles. The summed E-state index contributed by atoms with van der Waals surface area (Å²) in [5.41, 5.74) is 2.23. The average molecular weight is 270 g/mol. The maximum atomic E-state index is 11.8. The van der Waals surface area contributed by atoms with Gasteiger partial charge in [-0.3, -0.25) is 9.78 Å². The highest BCUT2D eigenvalue weighted by Gasteiger charge is 2.16. The Kier molecular flexibility index (Phi) is 4.10. The van der Waals surface area contributed by atoms with Crippen molar-refractivity contribution < 1.29 is 14.3 Å². The Balaban J connectivity index is 2.60. The zero-order chi connectivity index (χ0) is 14.5. The monoisotopic (exact) mass is 270 g/mol. The molecule has 1 N–H and O–H groups in total. The molecule has 0 aliphatic rings. The van der Waals surface area contributed by atoms with Gasteiger partial charge in [-0.1, -0.05) is 6.07 Å². The van der Waals surface area contributed by atoms with Gasteiger partial charge in [0.05, 0.1) is 12.7 Å². The second-order valence-electron chi connectivity index (χ2n) is 4.07. The SMILES string of the molecule is CNC(=O)c1ccc(C(=O)OC)c(-c2cccnc2)c1. The number of benzene rings is 1. The normalized spacial score (nSPS) is 9.90. The first-order valence-corrected chi connectivity index (χ1v) is 6.02. The fourth-order valence-corrected chi connectivity index (χ4v) is 1.88. The molecule has 0 aliphatic carbocycles. The molecule has 1 aromatic carbocycles. The number of esters is 1. The van der Waals surface area contributed by atoms with E-state index in [0.717, 1.165) is 5.56 Å². The minimum atomic E-state index is -0.452. The largest absolute Gasteiger partial charge is 0.465 e. The number of carbonyl (C=O) groups excluding carboxylic acids is 2. The molecule has 5 nitrogen and oxygen atoms in total. The van der Waals surface area contributed by atoms with E-state index >= 15 is 0 Å². The van der Waals surface area contributed by atoms with Gasteiger partial charge in [0.25, 0.3) is 5.91 Å². The molecule has 0 fully saturated rings. The van der Waals surface area contributed by atoms with Crippen LogP contribution >= 0.6 is 0 Å². The summed E-state index contributed by atoms with van der Waals surface area (Å²) in [6, 6.07) is 8.41. The number of carbonyl (C=O) groups is 2. The Labute approximate surface area is 116 Å². The van der Waals surface area contributed by atoms with Crippen LogP contribution < -0.4 is 5.32 Å². The topological polar surface area (TPSA) is 68.3 Å². The number of pyridine rings is 1. The number of hydrogen-bond donors (Lipinski definition) is 1. The van der Waals surface area contributed by atoms with Crippen LogP contribution in [0.15, 0.2) is 42.7 Å². The van der Waals surface area contributed by atoms with Gasteiger partial charge in [0, 0.05) is 30.6 Å². The summed E-state index contributed by atoms with van der Waals surface area (Å²) in [5.74, 6) is -0.668. The molecule has 1 amide bonds. The fourth-order valence-electron chi connectivity index (χ4n) is 1.88. The standard InChI is InChI=1S/C15H14N2O3/c1-16-14(18)10-5-6-12(15(19)20-2)13(8-10)11-4-3-7-17-9-11/h3-9H,1-2H3,(H,16,18). The van der Waals surface area contributed by atoms with Crippen LogP contribution in [0, 0.1) is 0 Å². The van der Waals surface area contributed by atoms with Crippen LogP contribution in [0.2, 0.25) is 0 Å². The van der Waals surface area contributed by atoms with Crippen molar-refractivity contribution in [2.45, 2.75) is 0 Å². The van der Waals surface area contributed by atoms with E-state index in [1.54, 1.807) is 43.7 Å². The predicted octanol–water partition coefficient (Wildman–Crippen LogP) is 1.89. The minimum Gasteiger partial charge on any atom is -0.465 e. The van der Waals surface area contributed by atoms with Crippen LogP contribution in [-0.4, -0.2) is 31.0 Å².